The highest BCUT2D eigenvalue weighted by molar-refractivity contribution is 5.55. The number of alkyl halides is 3. The van der Waals surface area contributed by atoms with Crippen LogP contribution in [-0.2, 0) is 12.6 Å². The Morgan fingerprint density at radius 2 is 1.89 bits per heavy atom. The first-order valence-corrected chi connectivity index (χ1v) is 9.48. The second kappa shape index (κ2) is 9.75. The smallest absolute Gasteiger partial charge is 0.310 e. The van der Waals surface area contributed by atoms with E-state index in [4.69, 9.17) is 0 Å². The van der Waals surface area contributed by atoms with Gasteiger partial charge in [-0.05, 0) is 74.0 Å². The van der Waals surface area contributed by atoms with Gasteiger partial charge in [0.25, 0.3) is 0 Å². The van der Waals surface area contributed by atoms with E-state index in [1.807, 2.05) is 0 Å². The van der Waals surface area contributed by atoms with Gasteiger partial charge in [-0.2, -0.15) is 13.2 Å². The first-order chi connectivity index (χ1) is 12.8. The van der Waals surface area contributed by atoms with Crippen LogP contribution in [0, 0.1) is 6.92 Å². The standard InChI is InChI=1S/C23H28F3N/c1-4-5-10-20-16-21(13-12-17(20)2)18(3)27-14-7-9-19-8-6-11-22(15-19)23(24,25)26/h5-6,8,10-13,15-16,18,27H,4,7,9,14H2,1-3H3/b10-5-. The van der Waals surface area contributed by atoms with Crippen molar-refractivity contribution in [3.8, 4) is 0 Å². The molecular formula is C23H28F3N. The quantitative estimate of drug-likeness (QED) is 0.505. The Morgan fingerprint density at radius 1 is 1.11 bits per heavy atom. The summed E-state index contributed by atoms with van der Waals surface area (Å²) >= 11 is 0. The second-order valence-electron chi connectivity index (χ2n) is 6.90. The molecule has 4 heteroatoms. The number of hydrogen-bond donors (Lipinski definition) is 1. The van der Waals surface area contributed by atoms with Gasteiger partial charge in [-0.25, -0.2) is 0 Å². The van der Waals surface area contributed by atoms with Crippen molar-refractivity contribution in [2.45, 2.75) is 52.3 Å². The van der Waals surface area contributed by atoms with E-state index in [-0.39, 0.29) is 6.04 Å². The monoisotopic (exact) mass is 375 g/mol. The molecule has 146 valence electrons. The molecule has 0 aromatic heterocycles. The predicted molar refractivity (Wildman–Crippen MR) is 107 cm³/mol. The van der Waals surface area contributed by atoms with Crippen LogP contribution in [0.4, 0.5) is 13.2 Å². The lowest BCUT2D eigenvalue weighted by Gasteiger charge is -2.16. The van der Waals surface area contributed by atoms with Gasteiger partial charge in [-0.1, -0.05) is 49.4 Å². The lowest BCUT2D eigenvalue weighted by Crippen LogP contribution is -2.20. The Kier molecular flexibility index (Phi) is 7.66. The zero-order valence-electron chi connectivity index (χ0n) is 16.2. The molecule has 0 saturated heterocycles. The molecule has 0 bridgehead atoms. The van der Waals surface area contributed by atoms with Gasteiger partial charge in [0.1, 0.15) is 0 Å². The van der Waals surface area contributed by atoms with Gasteiger partial charge < -0.3 is 5.32 Å². The highest BCUT2D eigenvalue weighted by Gasteiger charge is 2.30. The summed E-state index contributed by atoms with van der Waals surface area (Å²) in [5.74, 6) is 0. The maximum Gasteiger partial charge on any atom is 0.416 e. The fourth-order valence-corrected chi connectivity index (χ4v) is 2.98. The predicted octanol–water partition coefficient (Wildman–Crippen LogP) is 6.72. The zero-order valence-corrected chi connectivity index (χ0v) is 16.2. The number of nitrogens with one attached hydrogen (secondary N) is 1. The molecule has 2 aromatic carbocycles. The summed E-state index contributed by atoms with van der Waals surface area (Å²) in [4.78, 5) is 0. The second-order valence-corrected chi connectivity index (χ2v) is 6.90. The summed E-state index contributed by atoms with van der Waals surface area (Å²) in [6.07, 6.45) is 2.45. The Balaban J connectivity index is 1.88. The minimum Gasteiger partial charge on any atom is -0.310 e. The normalized spacial score (nSPS) is 13.3. The van der Waals surface area contributed by atoms with Crippen molar-refractivity contribution in [3.05, 3.63) is 76.4 Å². The Hall–Kier alpha value is -2.07. The van der Waals surface area contributed by atoms with Crippen LogP contribution in [0.25, 0.3) is 6.08 Å². The summed E-state index contributed by atoms with van der Waals surface area (Å²) in [6.45, 7) is 7.09. The Morgan fingerprint density at radius 3 is 2.59 bits per heavy atom. The number of rotatable bonds is 8. The van der Waals surface area contributed by atoms with E-state index >= 15 is 0 Å². The maximum atomic E-state index is 12.8. The molecule has 1 atom stereocenters. The number of halogens is 3. The number of allylic oxidation sites excluding steroid dienone is 1. The lowest BCUT2D eigenvalue weighted by atomic mass is 10.00. The van der Waals surface area contributed by atoms with E-state index in [9.17, 15) is 13.2 Å². The summed E-state index contributed by atoms with van der Waals surface area (Å²) < 4.78 is 38.3. The van der Waals surface area contributed by atoms with Gasteiger partial charge in [0.15, 0.2) is 0 Å². The molecule has 2 aromatic rings. The Bertz CT molecular complexity index is 762. The van der Waals surface area contributed by atoms with Crippen LogP contribution in [0.15, 0.2) is 48.5 Å². The molecule has 0 aliphatic rings. The Labute approximate surface area is 160 Å². The minimum absolute atomic E-state index is 0.195. The lowest BCUT2D eigenvalue weighted by molar-refractivity contribution is -0.137. The third kappa shape index (κ3) is 6.55. The topological polar surface area (TPSA) is 12.0 Å². The third-order valence-electron chi connectivity index (χ3n) is 4.68. The van der Waals surface area contributed by atoms with Gasteiger partial charge >= 0.3 is 6.18 Å². The van der Waals surface area contributed by atoms with E-state index < -0.39 is 11.7 Å². The average molecular weight is 375 g/mol. The van der Waals surface area contributed by atoms with E-state index in [0.29, 0.717) is 6.42 Å². The van der Waals surface area contributed by atoms with Crippen molar-refractivity contribution in [2.24, 2.45) is 0 Å². The van der Waals surface area contributed by atoms with Crippen molar-refractivity contribution in [2.75, 3.05) is 6.54 Å². The van der Waals surface area contributed by atoms with Gasteiger partial charge in [0, 0.05) is 6.04 Å². The fourth-order valence-electron chi connectivity index (χ4n) is 2.98. The first-order valence-electron chi connectivity index (χ1n) is 9.48. The molecule has 0 saturated carbocycles. The van der Waals surface area contributed by atoms with Crippen LogP contribution < -0.4 is 5.32 Å². The molecule has 0 aliphatic heterocycles. The molecule has 0 fully saturated rings. The summed E-state index contributed by atoms with van der Waals surface area (Å²) in [5.41, 5.74) is 3.85. The van der Waals surface area contributed by atoms with E-state index in [1.54, 1.807) is 6.07 Å². The van der Waals surface area contributed by atoms with Crippen LogP contribution in [0.5, 0.6) is 0 Å². The average Bonchev–Trinajstić information content (AvgIpc) is 2.64. The van der Waals surface area contributed by atoms with Crippen LogP contribution in [0.2, 0.25) is 0 Å². The molecule has 0 aliphatic carbocycles. The first kappa shape index (κ1) is 21.2. The van der Waals surface area contributed by atoms with Gasteiger partial charge in [-0.3, -0.25) is 0 Å². The fraction of sp³-hybridized carbons (Fsp3) is 0.391. The van der Waals surface area contributed by atoms with Crippen LogP contribution >= 0.6 is 0 Å². The molecule has 0 radical (unpaired) electrons. The van der Waals surface area contributed by atoms with E-state index in [2.05, 4.69) is 56.4 Å². The highest BCUT2D eigenvalue weighted by atomic mass is 19.4. The zero-order chi connectivity index (χ0) is 19.9. The van der Waals surface area contributed by atoms with Crippen molar-refractivity contribution in [3.63, 3.8) is 0 Å². The molecule has 27 heavy (non-hydrogen) atoms. The largest absolute Gasteiger partial charge is 0.416 e. The van der Waals surface area contributed by atoms with Gasteiger partial charge in [0.2, 0.25) is 0 Å². The molecule has 0 amide bonds. The highest BCUT2D eigenvalue weighted by Crippen LogP contribution is 2.29. The molecule has 0 spiro atoms. The molecule has 1 N–H and O–H groups in total. The van der Waals surface area contributed by atoms with Gasteiger partial charge in [-0.15, -0.1) is 0 Å². The third-order valence-corrected chi connectivity index (χ3v) is 4.68. The van der Waals surface area contributed by atoms with Crippen molar-refractivity contribution < 1.29 is 13.2 Å². The SMILES string of the molecule is CC/C=C\c1cc(C(C)NCCCc2cccc(C(F)(F)F)c2)ccc1C. The minimum atomic E-state index is -4.28. The molecule has 2 rings (SSSR count). The van der Waals surface area contributed by atoms with Crippen LogP contribution in [-0.4, -0.2) is 6.54 Å². The molecular weight excluding hydrogens is 347 g/mol. The summed E-state index contributed by atoms with van der Waals surface area (Å²) in [7, 11) is 0. The van der Waals surface area contributed by atoms with E-state index in [0.717, 1.165) is 31.0 Å². The van der Waals surface area contributed by atoms with Crippen molar-refractivity contribution in [1.82, 2.24) is 5.32 Å². The van der Waals surface area contributed by atoms with Crippen molar-refractivity contribution in [1.29, 1.82) is 0 Å². The number of benzene rings is 2. The molecule has 1 nitrogen and oxygen atoms in total. The summed E-state index contributed by atoms with van der Waals surface area (Å²) in [5, 5.41) is 3.47. The maximum absolute atomic E-state index is 12.8. The van der Waals surface area contributed by atoms with Crippen molar-refractivity contribution >= 4 is 6.08 Å². The number of hydrogen-bond acceptors (Lipinski definition) is 1. The van der Waals surface area contributed by atoms with Gasteiger partial charge in [0.05, 0.1) is 5.56 Å². The van der Waals surface area contributed by atoms with Crippen LogP contribution in [0.3, 0.4) is 0 Å². The molecule has 0 heterocycles. The summed E-state index contributed by atoms with van der Waals surface area (Å²) in [6, 6.07) is 12.2. The van der Waals surface area contributed by atoms with Crippen LogP contribution in [0.1, 0.15) is 60.5 Å². The van der Waals surface area contributed by atoms with E-state index in [1.165, 1.54) is 28.8 Å². The molecule has 1 unspecified atom stereocenters. The number of aryl methyl sites for hydroxylation is 2.